The molecule has 0 aromatic carbocycles. The van der Waals surface area contributed by atoms with Crippen LogP contribution in [-0.4, -0.2) is 26.0 Å². The van der Waals surface area contributed by atoms with E-state index in [2.05, 4.69) is 10.6 Å². The minimum absolute atomic E-state index is 0. The molecule has 0 saturated carbocycles. The summed E-state index contributed by atoms with van der Waals surface area (Å²) in [6, 6.07) is 1.86. The van der Waals surface area contributed by atoms with E-state index in [1.165, 1.54) is 0 Å². The molecule has 0 bridgehead atoms. The van der Waals surface area contributed by atoms with Gasteiger partial charge in [-0.15, -0.1) is 12.4 Å². The Morgan fingerprint density at radius 2 is 2.06 bits per heavy atom. The number of carbonyl (C=O) groups excluding carboxylic acids is 1. The predicted octanol–water partition coefficient (Wildman–Crippen LogP) is 1.66. The molecule has 0 aliphatic carbocycles. The molecule has 1 heterocycles. The second-order valence-electron chi connectivity index (χ2n) is 3.58. The van der Waals surface area contributed by atoms with Crippen LogP contribution in [0, 0.1) is 13.8 Å². The number of hydrogen-bond donors (Lipinski definition) is 2. The maximum atomic E-state index is 11.6. The van der Waals surface area contributed by atoms with Gasteiger partial charge in [0.15, 0.2) is 5.76 Å². The fraction of sp³-hybridized carbons (Fsp3) is 0.545. The van der Waals surface area contributed by atoms with E-state index in [0.29, 0.717) is 12.3 Å². The molecule has 16 heavy (non-hydrogen) atoms. The Hall–Kier alpha value is -1.00. The minimum atomic E-state index is -0.128. The summed E-state index contributed by atoms with van der Waals surface area (Å²) in [6.45, 7) is 5.28. The van der Waals surface area contributed by atoms with Crippen molar-refractivity contribution in [2.24, 2.45) is 0 Å². The van der Waals surface area contributed by atoms with E-state index in [0.717, 1.165) is 24.3 Å². The highest BCUT2D eigenvalue weighted by atomic mass is 35.5. The van der Waals surface area contributed by atoms with Crippen molar-refractivity contribution in [3.05, 3.63) is 23.2 Å². The second kappa shape index (κ2) is 7.30. The van der Waals surface area contributed by atoms with Crippen LogP contribution < -0.4 is 10.6 Å². The van der Waals surface area contributed by atoms with Crippen molar-refractivity contribution < 1.29 is 9.21 Å². The molecule has 1 amide bonds. The lowest BCUT2D eigenvalue weighted by Gasteiger charge is -2.03. The van der Waals surface area contributed by atoms with Crippen LogP contribution in [0.15, 0.2) is 10.5 Å². The first-order valence-corrected chi connectivity index (χ1v) is 5.15. The first-order valence-electron chi connectivity index (χ1n) is 5.15. The Labute approximate surface area is 102 Å². The molecule has 1 aromatic rings. The monoisotopic (exact) mass is 246 g/mol. The second-order valence-corrected chi connectivity index (χ2v) is 3.58. The zero-order valence-corrected chi connectivity index (χ0v) is 10.7. The Bertz CT molecular complexity index is 337. The molecule has 0 atom stereocenters. The van der Waals surface area contributed by atoms with Crippen LogP contribution in [0.4, 0.5) is 0 Å². The fourth-order valence-corrected chi connectivity index (χ4v) is 1.41. The van der Waals surface area contributed by atoms with Crippen LogP contribution in [-0.2, 0) is 0 Å². The van der Waals surface area contributed by atoms with Gasteiger partial charge in [0.25, 0.3) is 5.91 Å². The quantitative estimate of drug-likeness (QED) is 0.777. The van der Waals surface area contributed by atoms with Gasteiger partial charge in [0.2, 0.25) is 0 Å². The van der Waals surface area contributed by atoms with Crippen molar-refractivity contribution in [2.75, 3.05) is 20.1 Å². The van der Waals surface area contributed by atoms with Crippen molar-refractivity contribution in [1.82, 2.24) is 10.6 Å². The highest BCUT2D eigenvalue weighted by Crippen LogP contribution is 2.12. The number of aryl methyl sites for hydroxylation is 2. The number of hydrogen-bond acceptors (Lipinski definition) is 3. The van der Waals surface area contributed by atoms with Gasteiger partial charge in [-0.1, -0.05) is 0 Å². The molecule has 1 aromatic heterocycles. The summed E-state index contributed by atoms with van der Waals surface area (Å²) >= 11 is 0. The van der Waals surface area contributed by atoms with Gasteiger partial charge in [-0.2, -0.15) is 0 Å². The lowest BCUT2D eigenvalue weighted by Crippen LogP contribution is -2.26. The summed E-state index contributed by atoms with van der Waals surface area (Å²) < 4.78 is 5.31. The third kappa shape index (κ3) is 4.24. The lowest BCUT2D eigenvalue weighted by atomic mass is 10.2. The molecular formula is C11H19ClN2O2. The zero-order chi connectivity index (χ0) is 11.3. The van der Waals surface area contributed by atoms with E-state index < -0.39 is 0 Å². The highest BCUT2D eigenvalue weighted by molar-refractivity contribution is 5.92. The summed E-state index contributed by atoms with van der Waals surface area (Å²) in [7, 11) is 1.89. The van der Waals surface area contributed by atoms with Gasteiger partial charge in [0.05, 0.1) is 0 Å². The number of furan rings is 1. The Morgan fingerprint density at radius 3 is 2.56 bits per heavy atom. The topological polar surface area (TPSA) is 54.3 Å². The highest BCUT2D eigenvalue weighted by Gasteiger charge is 2.13. The Balaban J connectivity index is 0.00000225. The molecule has 5 heteroatoms. The molecule has 0 fully saturated rings. The number of halogens is 1. The smallest absolute Gasteiger partial charge is 0.287 e. The van der Waals surface area contributed by atoms with Crippen LogP contribution in [0.3, 0.4) is 0 Å². The maximum Gasteiger partial charge on any atom is 0.287 e. The van der Waals surface area contributed by atoms with Crippen molar-refractivity contribution in [3.63, 3.8) is 0 Å². The van der Waals surface area contributed by atoms with Crippen LogP contribution in [0.2, 0.25) is 0 Å². The first kappa shape index (κ1) is 15.0. The van der Waals surface area contributed by atoms with E-state index in [1.807, 2.05) is 27.0 Å². The zero-order valence-electron chi connectivity index (χ0n) is 9.92. The molecule has 4 nitrogen and oxygen atoms in total. The van der Waals surface area contributed by atoms with Crippen LogP contribution >= 0.6 is 12.4 Å². The van der Waals surface area contributed by atoms with Gasteiger partial charge >= 0.3 is 0 Å². The number of carbonyl (C=O) groups is 1. The van der Waals surface area contributed by atoms with E-state index in [-0.39, 0.29) is 18.3 Å². The Morgan fingerprint density at radius 1 is 1.38 bits per heavy atom. The molecule has 0 saturated heterocycles. The summed E-state index contributed by atoms with van der Waals surface area (Å²) in [4.78, 5) is 11.6. The van der Waals surface area contributed by atoms with Crippen LogP contribution in [0.1, 0.15) is 28.3 Å². The summed E-state index contributed by atoms with van der Waals surface area (Å²) in [5.74, 6) is 1.07. The number of rotatable bonds is 5. The number of nitrogens with one attached hydrogen (secondary N) is 2. The largest absolute Gasteiger partial charge is 0.456 e. The molecular weight excluding hydrogens is 228 g/mol. The standard InChI is InChI=1S/C11H18N2O2.ClH/c1-8-7-9(2)15-10(8)11(14)13-6-4-5-12-3;/h7,12H,4-6H2,1-3H3,(H,13,14);1H. The fourth-order valence-electron chi connectivity index (χ4n) is 1.41. The van der Waals surface area contributed by atoms with Gasteiger partial charge in [0.1, 0.15) is 5.76 Å². The van der Waals surface area contributed by atoms with E-state index >= 15 is 0 Å². The van der Waals surface area contributed by atoms with Crippen LogP contribution in [0.5, 0.6) is 0 Å². The molecule has 0 aliphatic rings. The molecule has 0 spiro atoms. The van der Waals surface area contributed by atoms with Gasteiger partial charge in [0, 0.05) is 12.1 Å². The summed E-state index contributed by atoms with van der Waals surface area (Å²) in [5, 5.41) is 5.84. The van der Waals surface area contributed by atoms with E-state index in [9.17, 15) is 4.79 Å². The van der Waals surface area contributed by atoms with Gasteiger partial charge in [-0.05, 0) is 39.9 Å². The molecule has 1 rings (SSSR count). The number of amides is 1. The Kier molecular flexibility index (Phi) is 6.85. The van der Waals surface area contributed by atoms with E-state index in [4.69, 9.17) is 4.42 Å². The van der Waals surface area contributed by atoms with Crippen molar-refractivity contribution in [2.45, 2.75) is 20.3 Å². The third-order valence-corrected chi connectivity index (χ3v) is 2.14. The third-order valence-electron chi connectivity index (χ3n) is 2.14. The summed E-state index contributed by atoms with van der Waals surface area (Å²) in [5.41, 5.74) is 0.888. The molecule has 2 N–H and O–H groups in total. The normalized spacial score (nSPS) is 9.69. The lowest BCUT2D eigenvalue weighted by molar-refractivity contribution is 0.0923. The van der Waals surface area contributed by atoms with Gasteiger partial charge < -0.3 is 15.1 Å². The molecule has 0 radical (unpaired) electrons. The average Bonchev–Trinajstić information content (AvgIpc) is 2.52. The molecule has 0 unspecified atom stereocenters. The molecule has 92 valence electrons. The van der Waals surface area contributed by atoms with Crippen LogP contribution in [0.25, 0.3) is 0 Å². The summed E-state index contributed by atoms with van der Waals surface area (Å²) in [6.07, 6.45) is 0.918. The first-order chi connectivity index (χ1) is 7.15. The van der Waals surface area contributed by atoms with Gasteiger partial charge in [-0.25, -0.2) is 0 Å². The molecule has 0 aliphatic heterocycles. The van der Waals surface area contributed by atoms with Gasteiger partial charge in [-0.3, -0.25) is 4.79 Å². The average molecular weight is 247 g/mol. The maximum absolute atomic E-state index is 11.6. The van der Waals surface area contributed by atoms with Crippen molar-refractivity contribution in [1.29, 1.82) is 0 Å². The van der Waals surface area contributed by atoms with Crippen molar-refractivity contribution in [3.8, 4) is 0 Å². The SMILES string of the molecule is CNCCCNC(=O)c1oc(C)cc1C.Cl. The van der Waals surface area contributed by atoms with E-state index in [1.54, 1.807) is 0 Å². The minimum Gasteiger partial charge on any atom is -0.456 e. The van der Waals surface area contributed by atoms with Crippen molar-refractivity contribution >= 4 is 18.3 Å². The predicted molar refractivity (Wildman–Crippen MR) is 66.3 cm³/mol.